The summed E-state index contributed by atoms with van der Waals surface area (Å²) in [7, 11) is 1.61. The topological polar surface area (TPSA) is 61.9 Å². The number of nitrogens with zero attached hydrogens (tertiary/aromatic N) is 2. The second kappa shape index (κ2) is 9.11. The normalized spacial score (nSPS) is 22.7. The molecule has 2 aliphatic heterocycles. The van der Waals surface area contributed by atoms with E-state index in [4.69, 9.17) is 16.3 Å². The molecule has 174 valence electrons. The van der Waals surface area contributed by atoms with Crippen LogP contribution >= 0.6 is 23.4 Å². The molecule has 5 rings (SSSR count). The van der Waals surface area contributed by atoms with E-state index in [0.29, 0.717) is 29.6 Å². The van der Waals surface area contributed by atoms with Crippen LogP contribution in [0.1, 0.15) is 43.2 Å². The minimum atomic E-state index is -1.09. The van der Waals surface area contributed by atoms with E-state index in [9.17, 15) is 9.59 Å². The van der Waals surface area contributed by atoms with Gasteiger partial charge in [0.1, 0.15) is 5.75 Å². The van der Waals surface area contributed by atoms with E-state index < -0.39 is 4.87 Å². The molecule has 0 bridgehead atoms. The zero-order valence-corrected chi connectivity index (χ0v) is 20.3. The Morgan fingerprint density at radius 3 is 2.76 bits per heavy atom. The van der Waals surface area contributed by atoms with Gasteiger partial charge in [-0.3, -0.25) is 9.69 Å². The van der Waals surface area contributed by atoms with Crippen LogP contribution in [0.25, 0.3) is 0 Å². The third-order valence-corrected chi connectivity index (χ3v) is 8.65. The first-order valence-corrected chi connectivity index (χ1v) is 12.9. The Morgan fingerprint density at radius 2 is 2.00 bits per heavy atom. The molecular weight excluding hydrogens is 458 g/mol. The van der Waals surface area contributed by atoms with Gasteiger partial charge in [0, 0.05) is 28.9 Å². The lowest BCUT2D eigenvalue weighted by Gasteiger charge is -2.35. The smallest absolute Gasteiger partial charge is 0.319 e. The van der Waals surface area contributed by atoms with Crippen molar-refractivity contribution in [1.29, 1.82) is 0 Å². The number of hydrogen-bond acceptors (Lipinski definition) is 4. The third-order valence-electron chi connectivity index (χ3n) is 6.86. The molecule has 2 aromatic rings. The lowest BCUT2D eigenvalue weighted by atomic mass is 9.95. The Balaban J connectivity index is 1.52. The van der Waals surface area contributed by atoms with Gasteiger partial charge in [0.25, 0.3) is 5.91 Å². The van der Waals surface area contributed by atoms with E-state index in [1.807, 2.05) is 42.5 Å². The molecule has 1 unspecified atom stereocenters. The van der Waals surface area contributed by atoms with E-state index in [0.717, 1.165) is 42.5 Å². The van der Waals surface area contributed by atoms with Crippen molar-refractivity contribution in [3.05, 3.63) is 58.6 Å². The van der Waals surface area contributed by atoms with Crippen LogP contribution in [0.5, 0.6) is 5.75 Å². The van der Waals surface area contributed by atoms with Gasteiger partial charge < -0.3 is 15.0 Å². The van der Waals surface area contributed by atoms with Crippen molar-refractivity contribution in [2.24, 2.45) is 0 Å². The second-order valence-electron chi connectivity index (χ2n) is 8.79. The average Bonchev–Trinajstić information content (AvgIpc) is 3.38. The van der Waals surface area contributed by atoms with Crippen molar-refractivity contribution >= 4 is 41.0 Å². The highest BCUT2D eigenvalue weighted by Gasteiger charge is 2.59. The highest BCUT2D eigenvalue weighted by Crippen LogP contribution is 2.55. The van der Waals surface area contributed by atoms with Crippen LogP contribution in [0.2, 0.25) is 5.02 Å². The molecule has 2 heterocycles. The number of fused-ring (bicyclic) bond motifs is 2. The van der Waals surface area contributed by atoms with Gasteiger partial charge in [-0.1, -0.05) is 49.1 Å². The number of urea groups is 1. The molecule has 0 aromatic heterocycles. The quantitative estimate of drug-likeness (QED) is 0.651. The van der Waals surface area contributed by atoms with E-state index in [2.05, 4.69) is 5.32 Å². The molecule has 6 nitrogen and oxygen atoms in total. The Labute approximate surface area is 203 Å². The van der Waals surface area contributed by atoms with Crippen LogP contribution in [0.3, 0.4) is 0 Å². The number of carbonyl (C=O) groups is 2. The largest absolute Gasteiger partial charge is 0.497 e. The Bertz CT molecular complexity index is 1070. The van der Waals surface area contributed by atoms with Gasteiger partial charge in [0.15, 0.2) is 4.87 Å². The molecule has 3 amide bonds. The standard InChI is InChI=1S/C25H28ClN3O3S/c1-32-19-11-12-22-20(15-19)25(23(30)28(22)16-17-7-5-6-10-21(17)26)29(13-14-33-25)24(31)27-18-8-3-2-4-9-18/h5-7,10-12,15,18H,2-4,8-9,13-14,16H2,1H3,(H,27,31). The number of benzene rings is 2. The molecule has 1 N–H and O–H groups in total. The Morgan fingerprint density at radius 1 is 1.21 bits per heavy atom. The fourth-order valence-electron chi connectivity index (χ4n) is 5.17. The van der Waals surface area contributed by atoms with E-state index in [1.165, 1.54) is 18.2 Å². The molecule has 1 aliphatic carbocycles. The van der Waals surface area contributed by atoms with Crippen molar-refractivity contribution < 1.29 is 14.3 Å². The van der Waals surface area contributed by atoms with Crippen LogP contribution < -0.4 is 15.0 Å². The number of nitrogens with one attached hydrogen (secondary N) is 1. The Hall–Kier alpha value is -2.38. The monoisotopic (exact) mass is 485 g/mol. The summed E-state index contributed by atoms with van der Waals surface area (Å²) in [4.78, 5) is 30.0. The maximum absolute atomic E-state index is 14.1. The summed E-state index contributed by atoms with van der Waals surface area (Å²) in [6, 6.07) is 13.2. The van der Waals surface area contributed by atoms with Gasteiger partial charge in [-0.25, -0.2) is 4.79 Å². The van der Waals surface area contributed by atoms with E-state index in [-0.39, 0.29) is 18.0 Å². The van der Waals surface area contributed by atoms with Gasteiger partial charge in [0.2, 0.25) is 0 Å². The number of thioether (sulfide) groups is 1. The summed E-state index contributed by atoms with van der Waals surface area (Å²) in [5.74, 6) is 1.26. The van der Waals surface area contributed by atoms with Crippen molar-refractivity contribution in [3.8, 4) is 5.75 Å². The SMILES string of the molecule is COc1ccc2c(c1)C1(SCCN1C(=O)NC1CCCCC1)C(=O)N2Cc1ccccc1Cl. The lowest BCUT2D eigenvalue weighted by Crippen LogP contribution is -2.55. The predicted molar refractivity (Wildman–Crippen MR) is 132 cm³/mol. The van der Waals surface area contributed by atoms with E-state index >= 15 is 0 Å². The van der Waals surface area contributed by atoms with Crippen LogP contribution in [0.4, 0.5) is 10.5 Å². The fraction of sp³-hybridized carbons (Fsp3) is 0.440. The highest BCUT2D eigenvalue weighted by molar-refractivity contribution is 8.01. The molecule has 1 atom stereocenters. The van der Waals surface area contributed by atoms with Crippen molar-refractivity contribution in [3.63, 3.8) is 0 Å². The van der Waals surface area contributed by atoms with Crippen LogP contribution in [0, 0.1) is 0 Å². The first-order valence-electron chi connectivity index (χ1n) is 11.5. The number of halogens is 1. The molecule has 1 saturated heterocycles. The molecule has 8 heteroatoms. The summed E-state index contributed by atoms with van der Waals surface area (Å²) >= 11 is 7.95. The zero-order chi connectivity index (χ0) is 23.0. The van der Waals surface area contributed by atoms with Crippen LogP contribution in [-0.2, 0) is 16.2 Å². The van der Waals surface area contributed by atoms with Gasteiger partial charge in [0.05, 0.1) is 19.3 Å². The maximum Gasteiger partial charge on any atom is 0.319 e. The first kappa shape index (κ1) is 22.4. The molecule has 33 heavy (non-hydrogen) atoms. The molecule has 2 fully saturated rings. The average molecular weight is 486 g/mol. The van der Waals surface area contributed by atoms with Gasteiger partial charge in [-0.2, -0.15) is 0 Å². The highest BCUT2D eigenvalue weighted by atomic mass is 35.5. The Kier molecular flexibility index (Phi) is 6.18. The summed E-state index contributed by atoms with van der Waals surface area (Å²) < 4.78 is 5.49. The van der Waals surface area contributed by atoms with Gasteiger partial charge >= 0.3 is 6.03 Å². The number of ether oxygens (including phenoxy) is 1. The summed E-state index contributed by atoms with van der Waals surface area (Å²) in [5, 5.41) is 3.83. The number of methoxy groups -OCH3 is 1. The summed E-state index contributed by atoms with van der Waals surface area (Å²) in [5.41, 5.74) is 2.47. The number of hydrogen-bond donors (Lipinski definition) is 1. The van der Waals surface area contributed by atoms with Crippen LogP contribution in [0.15, 0.2) is 42.5 Å². The van der Waals surface area contributed by atoms with Gasteiger partial charge in [-0.15, -0.1) is 11.8 Å². The zero-order valence-electron chi connectivity index (χ0n) is 18.7. The maximum atomic E-state index is 14.1. The number of anilines is 1. The number of amides is 3. The third kappa shape index (κ3) is 3.85. The first-order chi connectivity index (χ1) is 16.0. The molecule has 1 saturated carbocycles. The summed E-state index contributed by atoms with van der Waals surface area (Å²) in [6.07, 6.45) is 5.48. The molecule has 1 spiro atoms. The van der Waals surface area contributed by atoms with Gasteiger partial charge in [-0.05, 0) is 42.7 Å². The van der Waals surface area contributed by atoms with Crippen LogP contribution in [-0.4, -0.2) is 42.3 Å². The predicted octanol–water partition coefficient (Wildman–Crippen LogP) is 5.14. The van der Waals surface area contributed by atoms with Crippen molar-refractivity contribution in [1.82, 2.24) is 10.2 Å². The molecule has 0 radical (unpaired) electrons. The number of carbonyl (C=O) groups excluding carboxylic acids is 2. The lowest BCUT2D eigenvalue weighted by molar-refractivity contribution is -0.123. The van der Waals surface area contributed by atoms with Crippen molar-refractivity contribution in [2.45, 2.75) is 49.6 Å². The molecular formula is C25H28ClN3O3S. The molecule has 3 aliphatic rings. The fourth-order valence-corrected chi connectivity index (χ4v) is 6.82. The second-order valence-corrected chi connectivity index (χ2v) is 10.5. The van der Waals surface area contributed by atoms with E-state index in [1.54, 1.807) is 16.9 Å². The van der Waals surface area contributed by atoms with Crippen molar-refractivity contribution in [2.75, 3.05) is 24.3 Å². The molecule has 2 aromatic carbocycles. The summed E-state index contributed by atoms with van der Waals surface area (Å²) in [6.45, 7) is 0.865. The minimum absolute atomic E-state index is 0.105. The number of rotatable bonds is 4. The minimum Gasteiger partial charge on any atom is -0.497 e.